The number of anilines is 1. The zero-order chi connectivity index (χ0) is 21.3. The molecule has 156 valence electrons. The normalized spacial score (nSPS) is 13.9. The zero-order valence-electron chi connectivity index (χ0n) is 18.2. The van der Waals surface area contributed by atoms with E-state index in [0.717, 1.165) is 64.1 Å². The van der Waals surface area contributed by atoms with E-state index in [0.29, 0.717) is 0 Å². The largest absolute Gasteiger partial charge is 0.496 e. The molecular formula is C26H29NO3. The van der Waals surface area contributed by atoms with Crippen molar-refractivity contribution in [3.63, 3.8) is 0 Å². The number of nitrogens with one attached hydrogen (secondary N) is 1. The van der Waals surface area contributed by atoms with Gasteiger partial charge in [-0.1, -0.05) is 19.1 Å². The van der Waals surface area contributed by atoms with Crippen LogP contribution in [-0.4, -0.2) is 13.0 Å². The highest BCUT2D eigenvalue weighted by Crippen LogP contribution is 2.41. The number of hydrogen-bond donors (Lipinski definition) is 1. The lowest BCUT2D eigenvalue weighted by Crippen LogP contribution is -2.08. The first-order chi connectivity index (χ1) is 14.5. The smallest absolute Gasteiger partial charge is 0.248 e. The zero-order valence-corrected chi connectivity index (χ0v) is 18.2. The van der Waals surface area contributed by atoms with Crippen LogP contribution in [0.3, 0.4) is 0 Å². The van der Waals surface area contributed by atoms with Gasteiger partial charge in [-0.25, -0.2) is 0 Å². The first-order valence-electron chi connectivity index (χ1n) is 10.7. The summed E-state index contributed by atoms with van der Waals surface area (Å²) in [7, 11) is 1.67. The molecule has 0 aliphatic heterocycles. The minimum Gasteiger partial charge on any atom is -0.496 e. The molecule has 4 rings (SSSR count). The number of fused-ring (bicyclic) bond motifs is 3. The summed E-state index contributed by atoms with van der Waals surface area (Å²) in [6.45, 7) is 6.10. The molecule has 1 heterocycles. The minimum absolute atomic E-state index is 0.147. The Hall–Kier alpha value is -3.01. The summed E-state index contributed by atoms with van der Waals surface area (Å²) in [5.41, 5.74) is 7.06. The second-order valence-electron chi connectivity index (χ2n) is 8.04. The molecule has 0 fully saturated rings. The lowest BCUT2D eigenvalue weighted by Gasteiger charge is -2.13. The molecule has 1 N–H and O–H groups in total. The molecule has 0 radical (unpaired) electrons. The van der Waals surface area contributed by atoms with Gasteiger partial charge < -0.3 is 14.5 Å². The van der Waals surface area contributed by atoms with Crippen molar-refractivity contribution in [2.45, 2.75) is 52.9 Å². The third-order valence-corrected chi connectivity index (χ3v) is 6.03. The summed E-state index contributed by atoms with van der Waals surface area (Å²) < 4.78 is 11.9. The number of benzene rings is 2. The number of rotatable bonds is 5. The van der Waals surface area contributed by atoms with Crippen molar-refractivity contribution in [1.82, 2.24) is 0 Å². The van der Waals surface area contributed by atoms with E-state index in [1.165, 1.54) is 24.0 Å². The van der Waals surface area contributed by atoms with Crippen molar-refractivity contribution in [2.75, 3.05) is 12.4 Å². The van der Waals surface area contributed by atoms with Crippen LogP contribution in [0, 0.1) is 6.92 Å². The van der Waals surface area contributed by atoms with Crippen LogP contribution in [0.4, 0.5) is 5.69 Å². The van der Waals surface area contributed by atoms with E-state index in [1.54, 1.807) is 13.2 Å². The molecule has 0 unspecified atom stereocenters. The Morgan fingerprint density at radius 2 is 1.93 bits per heavy atom. The van der Waals surface area contributed by atoms with Crippen LogP contribution in [0.15, 0.2) is 40.8 Å². The maximum absolute atomic E-state index is 12.6. The summed E-state index contributed by atoms with van der Waals surface area (Å²) in [6, 6.07) is 10.1. The van der Waals surface area contributed by atoms with Crippen molar-refractivity contribution in [2.24, 2.45) is 0 Å². The van der Waals surface area contributed by atoms with Gasteiger partial charge in [0, 0.05) is 40.3 Å². The number of furan rings is 1. The SMILES string of the molecule is CCc1ccc(NC(=O)/C=C(\C)c2cc3c4c(oc3c(C)c2OC)CCCC4)cc1. The van der Waals surface area contributed by atoms with Crippen molar-refractivity contribution in [3.8, 4) is 5.75 Å². The van der Waals surface area contributed by atoms with Gasteiger partial charge in [-0.15, -0.1) is 0 Å². The van der Waals surface area contributed by atoms with E-state index in [-0.39, 0.29) is 5.91 Å². The molecule has 30 heavy (non-hydrogen) atoms. The first kappa shape index (κ1) is 20.3. The van der Waals surface area contributed by atoms with Crippen LogP contribution in [0.5, 0.6) is 5.75 Å². The molecule has 3 aromatic rings. The molecule has 0 spiro atoms. The summed E-state index contributed by atoms with van der Waals surface area (Å²) in [5, 5.41) is 4.11. The number of ether oxygens (including phenoxy) is 1. The number of hydrogen-bond acceptors (Lipinski definition) is 3. The standard InChI is InChI=1S/C26H29NO3/c1-5-18-10-12-19(13-11-18)27-24(28)14-16(2)21-15-22-20-8-6-7-9-23(20)30-26(22)17(3)25(21)29-4/h10-15H,5-9H2,1-4H3,(H,27,28)/b16-14+. The van der Waals surface area contributed by atoms with Gasteiger partial charge in [0.15, 0.2) is 0 Å². The van der Waals surface area contributed by atoms with Crippen LogP contribution in [0.25, 0.3) is 16.5 Å². The third kappa shape index (κ3) is 3.74. The molecule has 1 aromatic heterocycles. The van der Waals surface area contributed by atoms with Gasteiger partial charge in [0.1, 0.15) is 17.1 Å². The van der Waals surface area contributed by atoms with Crippen molar-refractivity contribution in [1.29, 1.82) is 0 Å². The number of aryl methyl sites for hydroxylation is 4. The first-order valence-corrected chi connectivity index (χ1v) is 10.7. The summed E-state index contributed by atoms with van der Waals surface area (Å²) in [4.78, 5) is 12.6. The number of carbonyl (C=O) groups is 1. The van der Waals surface area contributed by atoms with Crippen LogP contribution in [0.2, 0.25) is 0 Å². The molecule has 0 saturated carbocycles. The van der Waals surface area contributed by atoms with Crippen LogP contribution >= 0.6 is 0 Å². The highest BCUT2D eigenvalue weighted by atomic mass is 16.5. The van der Waals surface area contributed by atoms with E-state index in [1.807, 2.05) is 38.1 Å². The number of carbonyl (C=O) groups excluding carboxylic acids is 1. The Morgan fingerprint density at radius 1 is 1.20 bits per heavy atom. The fourth-order valence-electron chi connectivity index (χ4n) is 4.37. The molecule has 0 bridgehead atoms. The van der Waals surface area contributed by atoms with Gasteiger partial charge in [-0.3, -0.25) is 4.79 Å². The van der Waals surface area contributed by atoms with Gasteiger partial charge in [-0.05, 0) is 68.9 Å². The molecule has 1 amide bonds. The van der Waals surface area contributed by atoms with E-state index in [2.05, 4.69) is 18.3 Å². The quantitative estimate of drug-likeness (QED) is 0.514. The fraction of sp³-hybridized carbons (Fsp3) is 0.346. The molecule has 4 heteroatoms. The molecule has 1 aliphatic rings. The van der Waals surface area contributed by atoms with E-state index >= 15 is 0 Å². The van der Waals surface area contributed by atoms with Crippen molar-refractivity contribution < 1.29 is 13.9 Å². The van der Waals surface area contributed by atoms with Gasteiger partial charge in [0.05, 0.1) is 7.11 Å². The van der Waals surface area contributed by atoms with Crippen LogP contribution < -0.4 is 10.1 Å². The highest BCUT2D eigenvalue weighted by molar-refractivity contribution is 6.05. The van der Waals surface area contributed by atoms with Crippen LogP contribution in [-0.2, 0) is 24.1 Å². The average molecular weight is 404 g/mol. The van der Waals surface area contributed by atoms with E-state index in [9.17, 15) is 4.79 Å². The van der Waals surface area contributed by atoms with Gasteiger partial charge in [0.25, 0.3) is 0 Å². The molecule has 2 aromatic carbocycles. The monoisotopic (exact) mass is 403 g/mol. The van der Waals surface area contributed by atoms with Crippen molar-refractivity contribution >= 4 is 28.1 Å². The number of amides is 1. The molecule has 1 aliphatic carbocycles. The molecule has 0 saturated heterocycles. The number of allylic oxidation sites excluding steroid dienone is 1. The van der Waals surface area contributed by atoms with Gasteiger partial charge in [0.2, 0.25) is 5.91 Å². The Kier molecular flexibility index (Phi) is 5.67. The Morgan fingerprint density at radius 3 is 2.63 bits per heavy atom. The average Bonchev–Trinajstić information content (AvgIpc) is 3.13. The lowest BCUT2D eigenvalue weighted by molar-refractivity contribution is -0.111. The second kappa shape index (κ2) is 8.39. The molecule has 0 atom stereocenters. The predicted octanol–water partition coefficient (Wildman–Crippen LogP) is 6.23. The van der Waals surface area contributed by atoms with Crippen LogP contribution in [0.1, 0.15) is 54.7 Å². The maximum atomic E-state index is 12.6. The lowest BCUT2D eigenvalue weighted by atomic mass is 9.93. The summed E-state index contributed by atoms with van der Waals surface area (Å²) in [5.74, 6) is 1.72. The second-order valence-corrected chi connectivity index (χ2v) is 8.04. The summed E-state index contributed by atoms with van der Waals surface area (Å²) in [6.07, 6.45) is 7.03. The minimum atomic E-state index is -0.147. The Bertz CT molecular complexity index is 1120. The number of methoxy groups -OCH3 is 1. The van der Waals surface area contributed by atoms with Gasteiger partial charge >= 0.3 is 0 Å². The highest BCUT2D eigenvalue weighted by Gasteiger charge is 2.23. The summed E-state index contributed by atoms with van der Waals surface area (Å²) >= 11 is 0. The molecular weight excluding hydrogens is 374 g/mol. The fourth-order valence-corrected chi connectivity index (χ4v) is 4.37. The molecule has 4 nitrogen and oxygen atoms in total. The van der Waals surface area contributed by atoms with E-state index < -0.39 is 0 Å². The topological polar surface area (TPSA) is 51.5 Å². The Labute approximate surface area is 177 Å². The Balaban J connectivity index is 1.68. The van der Waals surface area contributed by atoms with Gasteiger partial charge in [-0.2, -0.15) is 0 Å². The predicted molar refractivity (Wildman–Crippen MR) is 122 cm³/mol. The maximum Gasteiger partial charge on any atom is 0.248 e. The van der Waals surface area contributed by atoms with Crippen molar-refractivity contribution in [3.05, 3.63) is 64.4 Å². The third-order valence-electron chi connectivity index (χ3n) is 6.03. The van der Waals surface area contributed by atoms with E-state index in [4.69, 9.17) is 9.15 Å².